The van der Waals surface area contributed by atoms with Gasteiger partial charge in [0.15, 0.2) is 0 Å². The molecule has 2 N–H and O–H groups in total. The number of amides is 1. The number of nitro benzene ring substituents is 1. The highest BCUT2D eigenvalue weighted by atomic mass is 16.7. The summed E-state index contributed by atoms with van der Waals surface area (Å²) in [5, 5.41) is 29.4. The third kappa shape index (κ3) is 6.78. The topological polar surface area (TPSA) is 143 Å². The number of aromatic hydroxyl groups is 1. The van der Waals surface area contributed by atoms with E-state index >= 15 is 0 Å². The molecule has 0 atom stereocenters. The van der Waals surface area contributed by atoms with Crippen molar-refractivity contribution in [2.75, 3.05) is 5.48 Å². The molecule has 0 heterocycles. The minimum Gasteiger partial charge on any atom is -0.507 e. The Bertz CT molecular complexity index is 1350. The van der Waals surface area contributed by atoms with Gasteiger partial charge in [0.2, 0.25) is 0 Å². The third-order valence-corrected chi connectivity index (χ3v) is 5.67. The number of anilines is 1. The van der Waals surface area contributed by atoms with Gasteiger partial charge in [-0.15, -0.1) is 10.2 Å². The van der Waals surface area contributed by atoms with E-state index in [1.165, 1.54) is 24.3 Å². The van der Waals surface area contributed by atoms with E-state index in [1.807, 2.05) is 41.5 Å². The molecule has 3 rings (SSSR count). The largest absolute Gasteiger partial charge is 0.507 e. The van der Waals surface area contributed by atoms with E-state index in [4.69, 9.17) is 4.84 Å². The van der Waals surface area contributed by atoms with Crippen molar-refractivity contribution in [1.82, 2.24) is 0 Å². The summed E-state index contributed by atoms with van der Waals surface area (Å²) in [4.78, 5) is 40.2. The molecule has 10 nitrogen and oxygen atoms in total. The highest BCUT2D eigenvalue weighted by Crippen LogP contribution is 2.40. The van der Waals surface area contributed by atoms with Gasteiger partial charge in [0.1, 0.15) is 5.75 Å². The van der Waals surface area contributed by atoms with Crippen molar-refractivity contribution in [3.8, 4) is 5.75 Å². The van der Waals surface area contributed by atoms with Gasteiger partial charge in [0.25, 0.3) is 11.6 Å². The summed E-state index contributed by atoms with van der Waals surface area (Å²) in [5.41, 5.74) is 4.22. The summed E-state index contributed by atoms with van der Waals surface area (Å²) in [6.45, 7) is 11.8. The van der Waals surface area contributed by atoms with E-state index in [0.717, 1.165) is 0 Å². The van der Waals surface area contributed by atoms with E-state index in [2.05, 4.69) is 15.7 Å². The maximum atomic E-state index is 12.9. The first-order chi connectivity index (χ1) is 17.7. The van der Waals surface area contributed by atoms with Crippen LogP contribution in [0.2, 0.25) is 0 Å². The average molecular weight is 519 g/mol. The number of benzene rings is 3. The molecule has 38 heavy (non-hydrogen) atoms. The Morgan fingerprint density at radius 3 is 1.87 bits per heavy atom. The molecule has 0 fully saturated rings. The van der Waals surface area contributed by atoms with Crippen molar-refractivity contribution in [3.63, 3.8) is 0 Å². The summed E-state index contributed by atoms with van der Waals surface area (Å²) in [6, 6.07) is 14.6. The number of non-ortho nitro benzene ring substituents is 1. The maximum Gasteiger partial charge on any atom is 0.362 e. The number of nitro groups is 1. The average Bonchev–Trinajstić information content (AvgIpc) is 2.85. The second-order valence-corrected chi connectivity index (χ2v) is 10.8. The molecule has 0 saturated carbocycles. The van der Waals surface area contributed by atoms with E-state index in [0.29, 0.717) is 28.1 Å². The van der Waals surface area contributed by atoms with Crippen LogP contribution in [0.25, 0.3) is 0 Å². The molecule has 0 aliphatic heterocycles. The molecule has 3 aromatic rings. The predicted molar refractivity (Wildman–Crippen MR) is 143 cm³/mol. The van der Waals surface area contributed by atoms with Gasteiger partial charge in [0, 0.05) is 28.8 Å². The SMILES string of the molecule is CC(C)(C)c1cc(C(=O)N=Nc2ccc(NOC(=O)c3ccc([N+](=O)[O-])cc3)cc2)cc(C(C)(C)C)c1O. The maximum absolute atomic E-state index is 12.9. The van der Waals surface area contributed by atoms with Crippen LogP contribution in [0.1, 0.15) is 73.4 Å². The lowest BCUT2D eigenvalue weighted by Crippen LogP contribution is -2.18. The van der Waals surface area contributed by atoms with Crippen LogP contribution in [-0.4, -0.2) is 21.9 Å². The summed E-state index contributed by atoms with van der Waals surface area (Å²) in [5.74, 6) is -1.08. The molecule has 1 amide bonds. The molecule has 0 unspecified atom stereocenters. The minimum absolute atomic E-state index is 0.132. The number of hydrogen-bond acceptors (Lipinski definition) is 8. The summed E-state index contributed by atoms with van der Waals surface area (Å²) in [7, 11) is 0. The van der Waals surface area contributed by atoms with Gasteiger partial charge in [-0.05, 0) is 59.4 Å². The lowest BCUT2D eigenvalue weighted by Gasteiger charge is -2.27. The number of azo groups is 1. The molecule has 0 radical (unpaired) electrons. The van der Waals surface area contributed by atoms with Crippen LogP contribution < -0.4 is 5.48 Å². The first kappa shape index (κ1) is 28.0. The van der Waals surface area contributed by atoms with E-state index in [9.17, 15) is 24.8 Å². The van der Waals surface area contributed by atoms with Crippen LogP contribution in [0.15, 0.2) is 70.9 Å². The van der Waals surface area contributed by atoms with Crippen molar-refractivity contribution >= 4 is 28.9 Å². The Hall–Kier alpha value is -4.60. The van der Waals surface area contributed by atoms with Gasteiger partial charge in [-0.1, -0.05) is 41.5 Å². The number of rotatable bonds is 6. The molecule has 10 heteroatoms. The smallest absolute Gasteiger partial charge is 0.362 e. The Morgan fingerprint density at radius 2 is 1.39 bits per heavy atom. The highest BCUT2D eigenvalue weighted by molar-refractivity contribution is 5.95. The molecule has 0 bridgehead atoms. The van der Waals surface area contributed by atoms with Gasteiger partial charge in [-0.25, -0.2) is 10.3 Å². The van der Waals surface area contributed by atoms with Crippen LogP contribution in [-0.2, 0) is 15.7 Å². The molecule has 0 aromatic heterocycles. The van der Waals surface area contributed by atoms with Crippen LogP contribution in [0, 0.1) is 10.1 Å². The van der Waals surface area contributed by atoms with Crippen LogP contribution in [0.5, 0.6) is 5.75 Å². The van der Waals surface area contributed by atoms with Gasteiger partial charge >= 0.3 is 5.97 Å². The van der Waals surface area contributed by atoms with E-state index < -0.39 is 16.8 Å². The zero-order valence-electron chi connectivity index (χ0n) is 22.1. The third-order valence-electron chi connectivity index (χ3n) is 5.67. The lowest BCUT2D eigenvalue weighted by molar-refractivity contribution is -0.384. The number of nitrogens with zero attached hydrogens (tertiary/aromatic N) is 3. The lowest BCUT2D eigenvalue weighted by atomic mass is 9.78. The number of phenols is 1. The predicted octanol–water partition coefficient (Wildman–Crippen LogP) is 7.00. The minimum atomic E-state index is -0.715. The van der Waals surface area contributed by atoms with Crippen LogP contribution >= 0.6 is 0 Å². The van der Waals surface area contributed by atoms with E-state index in [-0.39, 0.29) is 27.8 Å². The number of nitrogens with one attached hydrogen (secondary N) is 1. The number of carbonyl (C=O) groups is 2. The zero-order valence-corrected chi connectivity index (χ0v) is 22.1. The summed E-state index contributed by atoms with van der Waals surface area (Å²) < 4.78 is 0. The van der Waals surface area contributed by atoms with Gasteiger partial charge in [-0.3, -0.25) is 14.9 Å². The molecular weight excluding hydrogens is 488 g/mol. The zero-order chi connectivity index (χ0) is 28.3. The van der Waals surface area contributed by atoms with Crippen molar-refractivity contribution in [2.24, 2.45) is 10.2 Å². The van der Waals surface area contributed by atoms with Gasteiger partial charge in [-0.2, -0.15) is 0 Å². The Morgan fingerprint density at radius 1 is 0.868 bits per heavy atom. The molecule has 0 saturated heterocycles. The quantitative estimate of drug-likeness (QED) is 0.203. The van der Waals surface area contributed by atoms with Crippen molar-refractivity contribution < 1.29 is 24.5 Å². The molecule has 0 aliphatic rings. The monoisotopic (exact) mass is 518 g/mol. The molecule has 0 aliphatic carbocycles. The van der Waals surface area contributed by atoms with Gasteiger partial charge < -0.3 is 9.94 Å². The molecule has 3 aromatic carbocycles. The van der Waals surface area contributed by atoms with E-state index in [1.54, 1.807) is 36.4 Å². The number of carbonyl (C=O) groups excluding carboxylic acids is 2. The first-order valence-electron chi connectivity index (χ1n) is 11.8. The number of hydrogen-bond donors (Lipinski definition) is 2. The normalized spacial score (nSPS) is 11.8. The first-order valence-corrected chi connectivity index (χ1v) is 11.8. The van der Waals surface area contributed by atoms with Crippen molar-refractivity contribution in [2.45, 2.75) is 52.4 Å². The molecule has 198 valence electrons. The standard InChI is InChI=1S/C28H30N4O6/c1-27(2,3)22-15-18(16-23(24(22)33)28(4,5)6)25(34)30-29-19-9-11-20(12-10-19)31-38-26(35)17-7-13-21(14-8-17)32(36)37/h7-16,31,33H,1-6H3. The molecule has 0 spiro atoms. The van der Waals surface area contributed by atoms with Crippen molar-refractivity contribution in [3.05, 3.63) is 93.0 Å². The Kier molecular flexibility index (Phi) is 7.95. The summed E-state index contributed by atoms with van der Waals surface area (Å²) in [6.07, 6.45) is 0. The van der Waals surface area contributed by atoms with Crippen LogP contribution in [0.4, 0.5) is 17.1 Å². The fourth-order valence-corrected chi connectivity index (χ4v) is 3.54. The molecular formula is C28H30N4O6. The fraction of sp³-hybridized carbons (Fsp3) is 0.286. The second-order valence-electron chi connectivity index (χ2n) is 10.8. The Labute approximate surface area is 220 Å². The van der Waals surface area contributed by atoms with Crippen LogP contribution in [0.3, 0.4) is 0 Å². The summed E-state index contributed by atoms with van der Waals surface area (Å²) >= 11 is 0. The number of phenolic OH excluding ortho intramolecular Hbond substituents is 1. The fourth-order valence-electron chi connectivity index (χ4n) is 3.54. The highest BCUT2D eigenvalue weighted by Gasteiger charge is 2.27. The van der Waals surface area contributed by atoms with Crippen molar-refractivity contribution in [1.29, 1.82) is 0 Å². The second kappa shape index (κ2) is 10.8. The Balaban J connectivity index is 1.69. The van der Waals surface area contributed by atoms with Gasteiger partial charge in [0.05, 0.1) is 21.9 Å².